The molecule has 0 unspecified atom stereocenters. The van der Waals surface area contributed by atoms with Crippen LogP contribution in [0.5, 0.6) is 0 Å². The van der Waals surface area contributed by atoms with Crippen molar-refractivity contribution in [2.75, 3.05) is 6.54 Å². The van der Waals surface area contributed by atoms with E-state index in [0.717, 1.165) is 35.6 Å². The van der Waals surface area contributed by atoms with E-state index in [4.69, 9.17) is 0 Å². The summed E-state index contributed by atoms with van der Waals surface area (Å²) in [5.41, 5.74) is 2.96. The van der Waals surface area contributed by atoms with Crippen molar-refractivity contribution < 1.29 is 4.79 Å². The smallest absolute Gasteiger partial charge is 0.251 e. The quantitative estimate of drug-likeness (QED) is 0.873. The molecular formula is C18H19NO. The monoisotopic (exact) mass is 265 g/mol. The molecule has 0 aromatic heterocycles. The van der Waals surface area contributed by atoms with Crippen LogP contribution >= 0.6 is 0 Å². The predicted octanol–water partition coefficient (Wildman–Crippen LogP) is 3.88. The lowest BCUT2D eigenvalue weighted by molar-refractivity contribution is 0.0952. The van der Waals surface area contributed by atoms with Crippen molar-refractivity contribution in [3.05, 3.63) is 60.2 Å². The van der Waals surface area contributed by atoms with Crippen LogP contribution in [0.3, 0.4) is 0 Å². The second kappa shape index (κ2) is 5.91. The maximum Gasteiger partial charge on any atom is 0.251 e. The zero-order valence-electron chi connectivity index (χ0n) is 11.5. The summed E-state index contributed by atoms with van der Waals surface area (Å²) < 4.78 is 0. The molecule has 20 heavy (non-hydrogen) atoms. The fourth-order valence-corrected chi connectivity index (χ4v) is 2.37. The summed E-state index contributed by atoms with van der Waals surface area (Å²) in [7, 11) is 0. The van der Waals surface area contributed by atoms with Crippen LogP contribution in [0.2, 0.25) is 0 Å². The van der Waals surface area contributed by atoms with Gasteiger partial charge in [-0.3, -0.25) is 4.79 Å². The van der Waals surface area contributed by atoms with Gasteiger partial charge >= 0.3 is 0 Å². The molecule has 0 spiro atoms. The Morgan fingerprint density at radius 2 is 1.75 bits per heavy atom. The van der Waals surface area contributed by atoms with Gasteiger partial charge < -0.3 is 5.32 Å². The minimum absolute atomic E-state index is 0.0310. The minimum Gasteiger partial charge on any atom is -0.352 e. The van der Waals surface area contributed by atoms with Gasteiger partial charge in [-0.05, 0) is 35.6 Å². The Hall–Kier alpha value is -2.09. The number of nitrogens with one attached hydrogen (secondary N) is 1. The molecule has 3 rings (SSSR count). The van der Waals surface area contributed by atoms with Crippen LogP contribution in [0.1, 0.15) is 29.6 Å². The minimum atomic E-state index is 0.0310. The van der Waals surface area contributed by atoms with E-state index >= 15 is 0 Å². The number of amides is 1. The largest absolute Gasteiger partial charge is 0.352 e. The Balaban J connectivity index is 1.68. The maximum atomic E-state index is 12.1. The second-order valence-corrected chi connectivity index (χ2v) is 5.43. The molecule has 102 valence electrons. The summed E-state index contributed by atoms with van der Waals surface area (Å²) in [6.07, 6.45) is 3.78. The van der Waals surface area contributed by atoms with Crippen molar-refractivity contribution in [1.29, 1.82) is 0 Å². The van der Waals surface area contributed by atoms with Crippen LogP contribution < -0.4 is 5.32 Å². The molecule has 0 radical (unpaired) electrons. The van der Waals surface area contributed by atoms with Gasteiger partial charge in [-0.25, -0.2) is 0 Å². The number of hydrogen-bond acceptors (Lipinski definition) is 1. The van der Waals surface area contributed by atoms with Gasteiger partial charge in [-0.2, -0.15) is 0 Å². The van der Waals surface area contributed by atoms with Crippen molar-refractivity contribution in [1.82, 2.24) is 5.32 Å². The summed E-state index contributed by atoms with van der Waals surface area (Å²) in [5.74, 6) is 0.884. The first-order chi connectivity index (χ1) is 9.83. The topological polar surface area (TPSA) is 29.1 Å². The average molecular weight is 265 g/mol. The lowest BCUT2D eigenvalue weighted by Gasteiger charge is -2.07. The first-order valence-electron chi connectivity index (χ1n) is 7.26. The fraction of sp³-hybridized carbons (Fsp3) is 0.278. The van der Waals surface area contributed by atoms with Crippen LogP contribution in [0.15, 0.2) is 54.6 Å². The molecule has 2 nitrogen and oxygen atoms in total. The normalized spacial score (nSPS) is 14.0. The second-order valence-electron chi connectivity index (χ2n) is 5.43. The van der Waals surface area contributed by atoms with Crippen molar-refractivity contribution in [3.63, 3.8) is 0 Å². The number of hydrogen-bond donors (Lipinski definition) is 1. The molecule has 2 aromatic rings. The molecule has 1 aliphatic carbocycles. The molecule has 1 amide bonds. The standard InChI is InChI=1S/C18H19NO/c20-18(19-12-11-14-9-10-14)17-8-4-7-16(13-17)15-5-2-1-3-6-15/h1-8,13-14H,9-12H2,(H,19,20). The van der Waals surface area contributed by atoms with Gasteiger partial charge in [0, 0.05) is 12.1 Å². The van der Waals surface area contributed by atoms with E-state index in [-0.39, 0.29) is 5.91 Å². The first kappa shape index (κ1) is 12.9. The molecule has 0 saturated heterocycles. The maximum absolute atomic E-state index is 12.1. The van der Waals surface area contributed by atoms with Gasteiger partial charge in [0.1, 0.15) is 0 Å². The Morgan fingerprint density at radius 3 is 2.50 bits per heavy atom. The highest BCUT2D eigenvalue weighted by Gasteiger charge is 2.20. The van der Waals surface area contributed by atoms with Gasteiger partial charge in [0.2, 0.25) is 0 Å². The Morgan fingerprint density at radius 1 is 1.00 bits per heavy atom. The number of carbonyl (C=O) groups is 1. The van der Waals surface area contributed by atoms with E-state index < -0.39 is 0 Å². The van der Waals surface area contributed by atoms with Crippen LogP contribution in [-0.2, 0) is 0 Å². The molecule has 1 fully saturated rings. The molecule has 2 aromatic carbocycles. The van der Waals surface area contributed by atoms with Crippen LogP contribution in [0.4, 0.5) is 0 Å². The molecule has 0 atom stereocenters. The predicted molar refractivity (Wildman–Crippen MR) is 81.6 cm³/mol. The van der Waals surface area contributed by atoms with Gasteiger partial charge in [0.05, 0.1) is 0 Å². The Kier molecular flexibility index (Phi) is 3.82. The Bertz CT molecular complexity index is 587. The third-order valence-electron chi connectivity index (χ3n) is 3.77. The number of carbonyl (C=O) groups excluding carboxylic acids is 1. The number of rotatable bonds is 5. The van der Waals surface area contributed by atoms with Crippen LogP contribution in [-0.4, -0.2) is 12.5 Å². The third-order valence-corrected chi connectivity index (χ3v) is 3.77. The molecule has 0 heterocycles. The molecule has 0 bridgehead atoms. The Labute approximate surface area is 119 Å². The van der Waals surface area contributed by atoms with Crippen LogP contribution in [0.25, 0.3) is 11.1 Å². The van der Waals surface area contributed by atoms with Gasteiger partial charge in [-0.15, -0.1) is 0 Å². The van der Waals surface area contributed by atoms with E-state index in [1.807, 2.05) is 42.5 Å². The SMILES string of the molecule is O=C(NCCC1CC1)c1cccc(-c2ccccc2)c1. The summed E-state index contributed by atoms with van der Waals surface area (Å²) in [5, 5.41) is 3.01. The summed E-state index contributed by atoms with van der Waals surface area (Å²) in [6, 6.07) is 18.0. The average Bonchev–Trinajstić information content (AvgIpc) is 3.32. The first-order valence-corrected chi connectivity index (χ1v) is 7.26. The highest BCUT2D eigenvalue weighted by molar-refractivity contribution is 5.95. The highest BCUT2D eigenvalue weighted by Crippen LogP contribution is 2.31. The molecule has 1 N–H and O–H groups in total. The molecule has 2 heteroatoms. The highest BCUT2D eigenvalue weighted by atomic mass is 16.1. The van der Waals surface area contributed by atoms with E-state index in [1.54, 1.807) is 0 Å². The van der Waals surface area contributed by atoms with E-state index in [2.05, 4.69) is 17.4 Å². The summed E-state index contributed by atoms with van der Waals surface area (Å²) >= 11 is 0. The van der Waals surface area contributed by atoms with E-state index in [1.165, 1.54) is 12.8 Å². The van der Waals surface area contributed by atoms with Crippen LogP contribution in [0, 0.1) is 5.92 Å². The fourth-order valence-electron chi connectivity index (χ4n) is 2.37. The number of benzene rings is 2. The lowest BCUT2D eigenvalue weighted by atomic mass is 10.0. The van der Waals surface area contributed by atoms with E-state index in [0.29, 0.717) is 0 Å². The zero-order valence-corrected chi connectivity index (χ0v) is 11.5. The van der Waals surface area contributed by atoms with E-state index in [9.17, 15) is 4.79 Å². The van der Waals surface area contributed by atoms with Gasteiger partial charge in [0.15, 0.2) is 0 Å². The molecule has 1 aliphatic rings. The third kappa shape index (κ3) is 3.27. The van der Waals surface area contributed by atoms with Crippen molar-refractivity contribution in [2.24, 2.45) is 5.92 Å². The molecular weight excluding hydrogens is 246 g/mol. The van der Waals surface area contributed by atoms with Crippen molar-refractivity contribution >= 4 is 5.91 Å². The van der Waals surface area contributed by atoms with Gasteiger partial charge in [0.25, 0.3) is 5.91 Å². The summed E-state index contributed by atoms with van der Waals surface area (Å²) in [4.78, 5) is 12.1. The van der Waals surface area contributed by atoms with Gasteiger partial charge in [-0.1, -0.05) is 55.3 Å². The van der Waals surface area contributed by atoms with Crippen molar-refractivity contribution in [3.8, 4) is 11.1 Å². The summed E-state index contributed by atoms with van der Waals surface area (Å²) in [6.45, 7) is 0.791. The molecule has 1 saturated carbocycles. The zero-order chi connectivity index (χ0) is 13.8. The lowest BCUT2D eigenvalue weighted by Crippen LogP contribution is -2.24. The molecule has 0 aliphatic heterocycles. The van der Waals surface area contributed by atoms with Crippen molar-refractivity contribution in [2.45, 2.75) is 19.3 Å².